The molecule has 2 aliphatic heterocycles. The van der Waals surface area contributed by atoms with E-state index >= 15 is 0 Å². The lowest BCUT2D eigenvalue weighted by Crippen LogP contribution is -2.72. The van der Waals surface area contributed by atoms with E-state index in [1.54, 1.807) is 7.05 Å². The number of morpholine rings is 1. The Bertz CT molecular complexity index is 732. The van der Waals surface area contributed by atoms with Gasteiger partial charge in [-0.05, 0) is 31.3 Å². The standard InChI is InChI=1S/C15H20FN3O4S/c1-17-14(20)13-7-23-15(8-18(13)2)9-19(10-15)24(21,22)12-5-3-11(16)4-6-12/h3-6,13H,7-10H2,1-2H3,(H,17,20)/t13-/m1/s1. The number of amides is 1. The van der Waals surface area contributed by atoms with Crippen LogP contribution < -0.4 is 5.32 Å². The van der Waals surface area contributed by atoms with Crippen molar-refractivity contribution in [1.29, 1.82) is 0 Å². The van der Waals surface area contributed by atoms with Crippen LogP contribution in [0.25, 0.3) is 0 Å². The summed E-state index contributed by atoms with van der Waals surface area (Å²) in [5.74, 6) is -0.603. The van der Waals surface area contributed by atoms with Crippen LogP contribution >= 0.6 is 0 Å². The van der Waals surface area contributed by atoms with Gasteiger partial charge < -0.3 is 10.1 Å². The number of carbonyl (C=O) groups excluding carboxylic acids is 1. The number of rotatable bonds is 3. The molecule has 1 spiro atoms. The van der Waals surface area contributed by atoms with E-state index in [0.717, 1.165) is 12.1 Å². The number of sulfonamides is 1. The van der Waals surface area contributed by atoms with Gasteiger partial charge in [0.15, 0.2) is 0 Å². The Morgan fingerprint density at radius 1 is 1.29 bits per heavy atom. The summed E-state index contributed by atoms with van der Waals surface area (Å²) in [4.78, 5) is 13.7. The van der Waals surface area contributed by atoms with Crippen LogP contribution in [-0.2, 0) is 19.6 Å². The van der Waals surface area contributed by atoms with Gasteiger partial charge in [0.1, 0.15) is 17.5 Å². The molecule has 3 rings (SSSR count). The fraction of sp³-hybridized carbons (Fsp3) is 0.533. The van der Waals surface area contributed by atoms with Gasteiger partial charge in [0.25, 0.3) is 0 Å². The maximum Gasteiger partial charge on any atom is 0.243 e. The average Bonchev–Trinajstić information content (AvgIpc) is 2.52. The lowest BCUT2D eigenvalue weighted by atomic mass is 9.93. The first-order valence-electron chi connectivity index (χ1n) is 7.59. The topological polar surface area (TPSA) is 79.0 Å². The van der Waals surface area contributed by atoms with E-state index in [0.29, 0.717) is 6.54 Å². The number of carbonyl (C=O) groups is 1. The number of nitrogens with zero attached hydrogens (tertiary/aromatic N) is 2. The molecule has 2 aliphatic rings. The zero-order valence-electron chi connectivity index (χ0n) is 13.5. The first-order valence-corrected chi connectivity index (χ1v) is 9.03. The van der Waals surface area contributed by atoms with Crippen molar-refractivity contribution in [2.24, 2.45) is 0 Å². The molecule has 1 atom stereocenters. The normalized spacial score (nSPS) is 24.5. The van der Waals surface area contributed by atoms with Crippen molar-refractivity contribution >= 4 is 15.9 Å². The fourth-order valence-electron chi connectivity index (χ4n) is 3.15. The third-order valence-electron chi connectivity index (χ3n) is 4.55. The Morgan fingerprint density at radius 2 is 1.92 bits per heavy atom. The van der Waals surface area contributed by atoms with Crippen molar-refractivity contribution in [2.45, 2.75) is 16.5 Å². The molecule has 7 nitrogen and oxygen atoms in total. The minimum Gasteiger partial charge on any atom is -0.369 e. The minimum absolute atomic E-state index is 0.0613. The highest BCUT2D eigenvalue weighted by atomic mass is 32.2. The van der Waals surface area contributed by atoms with Crippen LogP contribution in [0.5, 0.6) is 0 Å². The summed E-state index contributed by atoms with van der Waals surface area (Å²) in [6.45, 7) is 1.14. The summed E-state index contributed by atoms with van der Waals surface area (Å²) in [6.07, 6.45) is 0. The summed E-state index contributed by atoms with van der Waals surface area (Å²) in [6, 6.07) is 4.39. The minimum atomic E-state index is -3.66. The summed E-state index contributed by atoms with van der Waals surface area (Å²) in [5, 5.41) is 2.59. The predicted molar refractivity (Wildman–Crippen MR) is 84.3 cm³/mol. The van der Waals surface area contributed by atoms with Gasteiger partial charge in [-0.15, -0.1) is 0 Å². The van der Waals surface area contributed by atoms with E-state index < -0.39 is 21.4 Å². The SMILES string of the molecule is CNC(=O)[C@H]1COC2(CN1C)CN(S(=O)(=O)c1ccc(F)cc1)C2. The molecule has 0 saturated carbocycles. The van der Waals surface area contributed by atoms with Crippen molar-refractivity contribution in [2.75, 3.05) is 40.3 Å². The number of hydrogen-bond donors (Lipinski definition) is 1. The third-order valence-corrected chi connectivity index (χ3v) is 6.35. The molecule has 0 unspecified atom stereocenters. The van der Waals surface area contributed by atoms with Crippen molar-refractivity contribution in [3.05, 3.63) is 30.1 Å². The van der Waals surface area contributed by atoms with Crippen molar-refractivity contribution in [1.82, 2.24) is 14.5 Å². The quantitative estimate of drug-likeness (QED) is 0.800. The average molecular weight is 357 g/mol. The molecule has 0 aliphatic carbocycles. The lowest BCUT2D eigenvalue weighted by molar-refractivity contribution is -0.180. The summed E-state index contributed by atoms with van der Waals surface area (Å²) < 4.78 is 45.1. The van der Waals surface area contributed by atoms with Crippen LogP contribution in [0, 0.1) is 5.82 Å². The zero-order chi connectivity index (χ0) is 17.5. The van der Waals surface area contributed by atoms with Gasteiger partial charge in [-0.1, -0.05) is 0 Å². The molecular weight excluding hydrogens is 337 g/mol. The van der Waals surface area contributed by atoms with Gasteiger partial charge in [0.05, 0.1) is 11.5 Å². The zero-order valence-corrected chi connectivity index (χ0v) is 14.3. The highest BCUT2D eigenvalue weighted by Crippen LogP contribution is 2.34. The smallest absolute Gasteiger partial charge is 0.243 e. The largest absolute Gasteiger partial charge is 0.369 e. The van der Waals surface area contributed by atoms with Gasteiger partial charge in [0.2, 0.25) is 15.9 Å². The first-order chi connectivity index (χ1) is 11.3. The van der Waals surface area contributed by atoms with E-state index in [1.165, 1.54) is 16.4 Å². The lowest BCUT2D eigenvalue weighted by Gasteiger charge is -2.53. The second-order valence-corrected chi connectivity index (χ2v) is 8.20. The van der Waals surface area contributed by atoms with Crippen LogP contribution in [-0.4, -0.2) is 75.5 Å². The maximum atomic E-state index is 13.0. The van der Waals surface area contributed by atoms with Crippen molar-refractivity contribution in [3.8, 4) is 0 Å². The summed E-state index contributed by atoms with van der Waals surface area (Å²) >= 11 is 0. The van der Waals surface area contributed by atoms with E-state index in [1.807, 2.05) is 11.9 Å². The number of benzene rings is 1. The molecule has 1 amide bonds. The van der Waals surface area contributed by atoms with Gasteiger partial charge in [-0.2, -0.15) is 4.31 Å². The number of hydrogen-bond acceptors (Lipinski definition) is 5. The van der Waals surface area contributed by atoms with Gasteiger partial charge in [-0.3, -0.25) is 9.69 Å². The molecule has 2 fully saturated rings. The molecule has 132 valence electrons. The first kappa shape index (κ1) is 17.3. The highest BCUT2D eigenvalue weighted by Gasteiger charge is 2.53. The fourth-order valence-corrected chi connectivity index (χ4v) is 4.74. The highest BCUT2D eigenvalue weighted by molar-refractivity contribution is 7.89. The molecule has 9 heteroatoms. The second kappa shape index (κ2) is 6.07. The molecule has 24 heavy (non-hydrogen) atoms. The molecule has 0 radical (unpaired) electrons. The Balaban J connectivity index is 1.67. The molecule has 1 aromatic rings. The van der Waals surface area contributed by atoms with Crippen molar-refractivity contribution in [3.63, 3.8) is 0 Å². The second-order valence-electron chi connectivity index (χ2n) is 6.27. The number of ether oxygens (including phenoxy) is 1. The van der Waals surface area contributed by atoms with Gasteiger partial charge in [-0.25, -0.2) is 12.8 Å². The molecule has 0 aromatic heterocycles. The van der Waals surface area contributed by atoms with Gasteiger partial charge >= 0.3 is 0 Å². The monoisotopic (exact) mass is 357 g/mol. The summed E-state index contributed by atoms with van der Waals surface area (Å²) in [7, 11) is -0.266. The molecule has 2 heterocycles. The Hall–Kier alpha value is -1.55. The number of halogens is 1. The van der Waals surface area contributed by atoms with Crippen LogP contribution in [0.15, 0.2) is 29.2 Å². The number of likely N-dealkylation sites (N-methyl/N-ethyl adjacent to an activating group) is 2. The van der Waals surface area contributed by atoms with Crippen LogP contribution in [0.1, 0.15) is 0 Å². The Labute approximate surface area is 140 Å². The van der Waals surface area contributed by atoms with Gasteiger partial charge in [0, 0.05) is 26.7 Å². The number of nitrogens with one attached hydrogen (secondary N) is 1. The van der Waals surface area contributed by atoms with E-state index in [9.17, 15) is 17.6 Å². The molecule has 1 aromatic carbocycles. The third kappa shape index (κ3) is 2.92. The predicted octanol–water partition coefficient (Wildman–Crippen LogP) is -0.355. The summed E-state index contributed by atoms with van der Waals surface area (Å²) in [5.41, 5.74) is -0.591. The molecule has 2 saturated heterocycles. The van der Waals surface area contributed by atoms with Crippen LogP contribution in [0.4, 0.5) is 4.39 Å². The van der Waals surface area contributed by atoms with E-state index in [4.69, 9.17) is 4.74 Å². The molecular formula is C15H20FN3O4S. The Kier molecular flexibility index (Phi) is 4.37. The molecule has 0 bridgehead atoms. The Morgan fingerprint density at radius 3 is 2.46 bits per heavy atom. The van der Waals surface area contributed by atoms with Crippen molar-refractivity contribution < 1.29 is 22.3 Å². The van der Waals surface area contributed by atoms with E-state index in [-0.39, 0.29) is 36.5 Å². The van der Waals surface area contributed by atoms with Crippen LogP contribution in [0.2, 0.25) is 0 Å². The van der Waals surface area contributed by atoms with Crippen LogP contribution in [0.3, 0.4) is 0 Å². The maximum absolute atomic E-state index is 13.0. The molecule has 1 N–H and O–H groups in total. The van der Waals surface area contributed by atoms with E-state index in [2.05, 4.69) is 5.32 Å².